The second-order valence-electron chi connectivity index (χ2n) is 2.56. The molecule has 1 saturated heterocycles. The Hall–Kier alpha value is -0.680. The molecule has 0 aliphatic carbocycles. The first-order chi connectivity index (χ1) is 5.74. The SMILES string of the molecule is CNC(=S)N/N=C1/CCOC1C. The zero-order valence-corrected chi connectivity index (χ0v) is 8.07. The van der Waals surface area contributed by atoms with Gasteiger partial charge in [0.05, 0.1) is 18.4 Å². The molecule has 2 N–H and O–H groups in total. The molecule has 5 heteroatoms. The Morgan fingerprint density at radius 1 is 1.75 bits per heavy atom. The van der Waals surface area contributed by atoms with Gasteiger partial charge in [-0.2, -0.15) is 5.10 Å². The maximum Gasteiger partial charge on any atom is 0.186 e. The number of hydrogen-bond donors (Lipinski definition) is 2. The fourth-order valence-electron chi connectivity index (χ4n) is 0.965. The lowest BCUT2D eigenvalue weighted by Gasteiger charge is -2.04. The summed E-state index contributed by atoms with van der Waals surface area (Å²) < 4.78 is 5.30. The Bertz CT molecular complexity index is 205. The molecule has 0 aromatic rings. The van der Waals surface area contributed by atoms with Crippen LogP contribution in [0.15, 0.2) is 5.10 Å². The summed E-state index contributed by atoms with van der Waals surface area (Å²) in [7, 11) is 1.75. The van der Waals surface area contributed by atoms with Crippen molar-refractivity contribution in [1.29, 1.82) is 0 Å². The van der Waals surface area contributed by atoms with Crippen molar-refractivity contribution in [2.45, 2.75) is 19.4 Å². The number of hydrazone groups is 1. The standard InChI is InChI=1S/C7H13N3OS/c1-5-6(3-4-11-5)9-10-7(12)8-2/h5H,3-4H2,1-2H3,(H2,8,10,12)/b9-6-. The number of rotatable bonds is 1. The van der Waals surface area contributed by atoms with Crippen molar-refractivity contribution in [1.82, 2.24) is 10.7 Å². The van der Waals surface area contributed by atoms with Crippen LogP contribution < -0.4 is 10.7 Å². The molecule has 0 spiro atoms. The van der Waals surface area contributed by atoms with Crippen LogP contribution in [0.4, 0.5) is 0 Å². The Labute approximate surface area is 77.4 Å². The maximum absolute atomic E-state index is 5.30. The van der Waals surface area contributed by atoms with E-state index in [9.17, 15) is 0 Å². The molecule has 0 radical (unpaired) electrons. The Morgan fingerprint density at radius 2 is 2.50 bits per heavy atom. The van der Waals surface area contributed by atoms with Crippen molar-refractivity contribution in [3.63, 3.8) is 0 Å². The van der Waals surface area contributed by atoms with Crippen LogP contribution in [0.3, 0.4) is 0 Å². The van der Waals surface area contributed by atoms with Crippen molar-refractivity contribution in [2.75, 3.05) is 13.7 Å². The van der Waals surface area contributed by atoms with Crippen molar-refractivity contribution in [3.8, 4) is 0 Å². The molecular formula is C7H13N3OS. The van der Waals surface area contributed by atoms with Crippen LogP contribution in [0, 0.1) is 0 Å². The Balaban J connectivity index is 2.40. The highest BCUT2D eigenvalue weighted by atomic mass is 32.1. The zero-order valence-electron chi connectivity index (χ0n) is 7.26. The molecule has 0 aromatic carbocycles. The van der Waals surface area contributed by atoms with Gasteiger partial charge in [-0.1, -0.05) is 0 Å². The van der Waals surface area contributed by atoms with Crippen LogP contribution in [-0.2, 0) is 4.74 Å². The summed E-state index contributed by atoms with van der Waals surface area (Å²) in [6, 6.07) is 0. The minimum atomic E-state index is 0.122. The first-order valence-corrected chi connectivity index (χ1v) is 4.30. The first kappa shape index (κ1) is 9.41. The summed E-state index contributed by atoms with van der Waals surface area (Å²) >= 11 is 4.86. The minimum absolute atomic E-state index is 0.122. The monoisotopic (exact) mass is 187 g/mol. The summed E-state index contributed by atoms with van der Waals surface area (Å²) in [5.41, 5.74) is 3.75. The molecule has 1 unspecified atom stereocenters. The summed E-state index contributed by atoms with van der Waals surface area (Å²) in [5.74, 6) is 0. The van der Waals surface area contributed by atoms with E-state index in [1.165, 1.54) is 0 Å². The summed E-state index contributed by atoms with van der Waals surface area (Å²) in [6.45, 7) is 2.74. The third-order valence-corrected chi connectivity index (χ3v) is 2.02. The average molecular weight is 187 g/mol. The molecule has 4 nitrogen and oxygen atoms in total. The lowest BCUT2D eigenvalue weighted by Crippen LogP contribution is -2.30. The molecule has 1 atom stereocenters. The number of thiocarbonyl (C=S) groups is 1. The topological polar surface area (TPSA) is 45.7 Å². The summed E-state index contributed by atoms with van der Waals surface area (Å²) in [5, 5.41) is 7.42. The molecule has 0 aromatic heterocycles. The number of hydrogen-bond acceptors (Lipinski definition) is 3. The van der Waals surface area contributed by atoms with Gasteiger partial charge in [-0.05, 0) is 19.1 Å². The smallest absolute Gasteiger partial charge is 0.186 e. The summed E-state index contributed by atoms with van der Waals surface area (Å²) in [4.78, 5) is 0. The lowest BCUT2D eigenvalue weighted by atomic mass is 10.2. The lowest BCUT2D eigenvalue weighted by molar-refractivity contribution is 0.145. The van der Waals surface area contributed by atoms with E-state index in [2.05, 4.69) is 15.8 Å². The molecule has 1 fully saturated rings. The predicted molar refractivity (Wildman–Crippen MR) is 52.3 cm³/mol. The fraction of sp³-hybridized carbons (Fsp3) is 0.714. The van der Waals surface area contributed by atoms with Gasteiger partial charge < -0.3 is 10.1 Å². The van der Waals surface area contributed by atoms with Gasteiger partial charge in [-0.15, -0.1) is 0 Å². The number of nitrogens with one attached hydrogen (secondary N) is 2. The quantitative estimate of drug-likeness (QED) is 0.456. The van der Waals surface area contributed by atoms with E-state index < -0.39 is 0 Å². The molecule has 0 bridgehead atoms. The van der Waals surface area contributed by atoms with E-state index in [-0.39, 0.29) is 6.10 Å². The molecule has 68 valence electrons. The number of ether oxygens (including phenoxy) is 1. The van der Waals surface area contributed by atoms with Gasteiger partial charge >= 0.3 is 0 Å². The molecule has 1 heterocycles. The molecule has 1 rings (SSSR count). The molecule has 0 saturated carbocycles. The highest BCUT2D eigenvalue weighted by molar-refractivity contribution is 7.80. The van der Waals surface area contributed by atoms with E-state index in [1.54, 1.807) is 7.05 Å². The van der Waals surface area contributed by atoms with Gasteiger partial charge in [-0.25, -0.2) is 0 Å². The molecule has 12 heavy (non-hydrogen) atoms. The van der Waals surface area contributed by atoms with Crippen LogP contribution in [0.5, 0.6) is 0 Å². The van der Waals surface area contributed by atoms with E-state index >= 15 is 0 Å². The third kappa shape index (κ3) is 2.42. The van der Waals surface area contributed by atoms with Gasteiger partial charge in [0, 0.05) is 13.5 Å². The summed E-state index contributed by atoms with van der Waals surface area (Å²) in [6.07, 6.45) is 1.01. The van der Waals surface area contributed by atoms with Crippen LogP contribution in [0.1, 0.15) is 13.3 Å². The van der Waals surface area contributed by atoms with Gasteiger partial charge in [0.2, 0.25) is 0 Å². The molecular weight excluding hydrogens is 174 g/mol. The zero-order chi connectivity index (χ0) is 8.97. The predicted octanol–water partition coefficient (Wildman–Crippen LogP) is 0.245. The van der Waals surface area contributed by atoms with Crippen molar-refractivity contribution >= 4 is 23.0 Å². The highest BCUT2D eigenvalue weighted by Gasteiger charge is 2.18. The van der Waals surface area contributed by atoms with Crippen molar-refractivity contribution in [2.24, 2.45) is 5.10 Å². The average Bonchev–Trinajstić information content (AvgIpc) is 2.47. The Morgan fingerprint density at radius 3 is 3.00 bits per heavy atom. The normalized spacial score (nSPS) is 25.8. The van der Waals surface area contributed by atoms with E-state index in [1.807, 2.05) is 6.92 Å². The van der Waals surface area contributed by atoms with E-state index in [4.69, 9.17) is 17.0 Å². The highest BCUT2D eigenvalue weighted by Crippen LogP contribution is 2.07. The van der Waals surface area contributed by atoms with Gasteiger partial charge in [0.1, 0.15) is 0 Å². The van der Waals surface area contributed by atoms with Crippen molar-refractivity contribution in [3.05, 3.63) is 0 Å². The fourth-order valence-corrected chi connectivity index (χ4v) is 1.01. The van der Waals surface area contributed by atoms with Crippen LogP contribution >= 0.6 is 12.2 Å². The molecule has 0 amide bonds. The number of nitrogens with zero attached hydrogens (tertiary/aromatic N) is 1. The Kier molecular flexibility index (Phi) is 3.43. The van der Waals surface area contributed by atoms with E-state index in [0.29, 0.717) is 5.11 Å². The maximum atomic E-state index is 5.30. The molecule has 1 aliphatic heterocycles. The first-order valence-electron chi connectivity index (χ1n) is 3.90. The van der Waals surface area contributed by atoms with Gasteiger partial charge in [-0.3, -0.25) is 5.43 Å². The largest absolute Gasteiger partial charge is 0.372 e. The molecule has 1 aliphatic rings. The van der Waals surface area contributed by atoms with Crippen LogP contribution in [0.2, 0.25) is 0 Å². The van der Waals surface area contributed by atoms with Gasteiger partial charge in [0.15, 0.2) is 5.11 Å². The second-order valence-corrected chi connectivity index (χ2v) is 2.97. The minimum Gasteiger partial charge on any atom is -0.372 e. The van der Waals surface area contributed by atoms with E-state index in [0.717, 1.165) is 18.7 Å². The van der Waals surface area contributed by atoms with Crippen LogP contribution in [0.25, 0.3) is 0 Å². The van der Waals surface area contributed by atoms with Crippen molar-refractivity contribution < 1.29 is 4.74 Å². The van der Waals surface area contributed by atoms with Gasteiger partial charge in [0.25, 0.3) is 0 Å². The third-order valence-electron chi connectivity index (χ3n) is 1.72. The van der Waals surface area contributed by atoms with Crippen LogP contribution in [-0.4, -0.2) is 30.6 Å². The second kappa shape index (κ2) is 4.37.